The summed E-state index contributed by atoms with van der Waals surface area (Å²) in [5, 5.41) is 22.8. The van der Waals surface area contributed by atoms with Crippen molar-refractivity contribution in [3.8, 4) is 17.5 Å². The predicted molar refractivity (Wildman–Crippen MR) is 81.6 cm³/mol. The van der Waals surface area contributed by atoms with Gasteiger partial charge in [-0.1, -0.05) is 13.8 Å². The van der Waals surface area contributed by atoms with E-state index < -0.39 is 5.54 Å². The molecule has 2 rings (SSSR count). The van der Waals surface area contributed by atoms with Crippen LogP contribution in [-0.2, 0) is 4.79 Å². The van der Waals surface area contributed by atoms with Crippen molar-refractivity contribution < 1.29 is 9.53 Å². The molecule has 8 nitrogen and oxygen atoms in total. The molecule has 0 spiro atoms. The highest BCUT2D eigenvalue weighted by molar-refractivity contribution is 5.78. The van der Waals surface area contributed by atoms with Crippen LogP contribution in [-0.4, -0.2) is 38.3 Å². The fraction of sp³-hybridized carbons (Fsp3) is 0.400. The highest BCUT2D eigenvalue weighted by atomic mass is 16.5. The molecule has 0 saturated carbocycles. The summed E-state index contributed by atoms with van der Waals surface area (Å²) in [6.07, 6.45) is 1.48. The molecule has 1 aromatic heterocycles. The maximum absolute atomic E-state index is 11.9. The summed E-state index contributed by atoms with van der Waals surface area (Å²) in [6.45, 7) is 5.29. The smallest absolute Gasteiger partial charge is 0.259 e. The zero-order valence-electron chi connectivity index (χ0n) is 13.2. The van der Waals surface area contributed by atoms with E-state index in [1.807, 2.05) is 13.8 Å². The first-order chi connectivity index (χ1) is 10.9. The summed E-state index contributed by atoms with van der Waals surface area (Å²) in [4.78, 5) is 11.9. The van der Waals surface area contributed by atoms with Gasteiger partial charge in [-0.05, 0) is 47.5 Å². The van der Waals surface area contributed by atoms with E-state index in [0.29, 0.717) is 5.75 Å². The van der Waals surface area contributed by atoms with Crippen LogP contribution in [0.4, 0.5) is 0 Å². The molecule has 1 atom stereocenters. The number of hydrogen-bond donors (Lipinski definition) is 1. The second-order valence-corrected chi connectivity index (χ2v) is 5.55. The molecular weight excluding hydrogens is 296 g/mol. The number of rotatable bonds is 6. The van der Waals surface area contributed by atoms with Crippen molar-refractivity contribution in [3.63, 3.8) is 0 Å². The number of nitrogens with zero attached hydrogens (tertiary/aromatic N) is 5. The van der Waals surface area contributed by atoms with E-state index in [0.717, 1.165) is 5.69 Å². The largest absolute Gasteiger partial charge is 0.484 e. The Bertz CT molecular complexity index is 690. The van der Waals surface area contributed by atoms with Gasteiger partial charge in [-0.15, -0.1) is 5.10 Å². The first-order valence-electron chi connectivity index (χ1n) is 7.13. The topological polar surface area (TPSA) is 106 Å². The second-order valence-electron chi connectivity index (χ2n) is 5.55. The zero-order chi connectivity index (χ0) is 16.9. The molecule has 120 valence electrons. The number of aromatic nitrogens is 4. The van der Waals surface area contributed by atoms with Gasteiger partial charge in [0.2, 0.25) is 0 Å². The van der Waals surface area contributed by atoms with Crippen molar-refractivity contribution >= 4 is 5.91 Å². The fourth-order valence-corrected chi connectivity index (χ4v) is 1.75. The van der Waals surface area contributed by atoms with Gasteiger partial charge in [0, 0.05) is 0 Å². The van der Waals surface area contributed by atoms with E-state index in [4.69, 9.17) is 4.74 Å². The molecule has 1 heterocycles. The van der Waals surface area contributed by atoms with Gasteiger partial charge in [-0.3, -0.25) is 4.79 Å². The fourth-order valence-electron chi connectivity index (χ4n) is 1.75. The number of tetrazole rings is 1. The zero-order valence-corrected chi connectivity index (χ0v) is 13.2. The number of amides is 1. The third-order valence-corrected chi connectivity index (χ3v) is 3.61. The minimum Gasteiger partial charge on any atom is -0.484 e. The second kappa shape index (κ2) is 6.87. The summed E-state index contributed by atoms with van der Waals surface area (Å²) in [7, 11) is 0. The van der Waals surface area contributed by atoms with E-state index in [1.54, 1.807) is 31.2 Å². The predicted octanol–water partition coefficient (Wildman–Crippen LogP) is 1.10. The Morgan fingerprint density at radius 3 is 2.65 bits per heavy atom. The molecule has 0 fully saturated rings. The standard InChI is InChI=1S/C15H18N6O2/c1-11(2)15(3,9-16)18-14(22)8-23-13-6-4-12(5-7-13)21-10-17-19-20-21/h4-7,10-11H,8H2,1-3H3,(H,18,22)/t15-/m0/s1. The minimum atomic E-state index is -0.912. The quantitative estimate of drug-likeness (QED) is 0.855. The molecule has 2 aromatic rings. The summed E-state index contributed by atoms with van der Waals surface area (Å²) in [5.74, 6) is 0.194. The Kier molecular flexibility index (Phi) is 4.91. The normalized spacial score (nSPS) is 13.2. The van der Waals surface area contributed by atoms with E-state index in [-0.39, 0.29) is 18.4 Å². The number of hydrogen-bond acceptors (Lipinski definition) is 6. The van der Waals surface area contributed by atoms with E-state index in [9.17, 15) is 10.1 Å². The maximum Gasteiger partial charge on any atom is 0.259 e. The highest BCUT2D eigenvalue weighted by Gasteiger charge is 2.29. The SMILES string of the molecule is CC(C)[C@](C)(C#N)NC(=O)COc1ccc(-n2cnnn2)cc1. The Hall–Kier alpha value is -2.95. The molecule has 0 radical (unpaired) electrons. The molecule has 8 heteroatoms. The summed E-state index contributed by atoms with van der Waals surface area (Å²) < 4.78 is 6.94. The first kappa shape index (κ1) is 16.4. The molecular formula is C15H18N6O2. The van der Waals surface area contributed by atoms with Crippen LogP contribution in [0.3, 0.4) is 0 Å². The first-order valence-corrected chi connectivity index (χ1v) is 7.13. The van der Waals surface area contributed by atoms with E-state index in [1.165, 1.54) is 11.0 Å². The van der Waals surface area contributed by atoms with Gasteiger partial charge in [0.25, 0.3) is 5.91 Å². The molecule has 0 aliphatic heterocycles. The molecule has 0 unspecified atom stereocenters. The monoisotopic (exact) mass is 314 g/mol. The van der Waals surface area contributed by atoms with Crippen molar-refractivity contribution in [2.24, 2.45) is 5.92 Å². The molecule has 0 bridgehead atoms. The average molecular weight is 314 g/mol. The molecule has 0 aliphatic rings. The van der Waals surface area contributed by atoms with Gasteiger partial charge in [-0.2, -0.15) is 5.26 Å². The number of nitrogens with one attached hydrogen (secondary N) is 1. The molecule has 1 aromatic carbocycles. The molecule has 1 N–H and O–H groups in total. The van der Waals surface area contributed by atoms with Crippen molar-refractivity contribution in [3.05, 3.63) is 30.6 Å². The Labute approximate surface area is 134 Å². The number of ether oxygens (including phenoxy) is 1. The van der Waals surface area contributed by atoms with Crippen molar-refractivity contribution in [2.75, 3.05) is 6.61 Å². The summed E-state index contributed by atoms with van der Waals surface area (Å²) >= 11 is 0. The van der Waals surface area contributed by atoms with Crippen LogP contribution >= 0.6 is 0 Å². The Morgan fingerprint density at radius 2 is 2.13 bits per heavy atom. The van der Waals surface area contributed by atoms with Gasteiger partial charge < -0.3 is 10.1 Å². The van der Waals surface area contributed by atoms with E-state index >= 15 is 0 Å². The number of benzene rings is 1. The summed E-state index contributed by atoms with van der Waals surface area (Å²) in [6, 6.07) is 9.11. The molecule has 0 saturated heterocycles. The maximum atomic E-state index is 11.9. The lowest BCUT2D eigenvalue weighted by molar-refractivity contribution is -0.124. The Morgan fingerprint density at radius 1 is 1.43 bits per heavy atom. The van der Waals surface area contributed by atoms with Gasteiger partial charge in [0.15, 0.2) is 6.61 Å². The number of carbonyl (C=O) groups is 1. The van der Waals surface area contributed by atoms with Crippen molar-refractivity contribution in [1.82, 2.24) is 25.5 Å². The van der Waals surface area contributed by atoms with Crippen LogP contribution in [0.25, 0.3) is 5.69 Å². The van der Waals surface area contributed by atoms with Gasteiger partial charge in [0.1, 0.15) is 17.6 Å². The number of carbonyl (C=O) groups excluding carboxylic acids is 1. The lowest BCUT2D eigenvalue weighted by Gasteiger charge is -2.27. The van der Waals surface area contributed by atoms with Crippen LogP contribution in [0.2, 0.25) is 0 Å². The average Bonchev–Trinajstić information content (AvgIpc) is 3.07. The Balaban J connectivity index is 1.91. The van der Waals surface area contributed by atoms with Crippen LogP contribution in [0.5, 0.6) is 5.75 Å². The van der Waals surface area contributed by atoms with Crippen molar-refractivity contribution in [1.29, 1.82) is 5.26 Å². The van der Waals surface area contributed by atoms with Crippen LogP contribution in [0.15, 0.2) is 30.6 Å². The van der Waals surface area contributed by atoms with Crippen LogP contribution in [0.1, 0.15) is 20.8 Å². The van der Waals surface area contributed by atoms with E-state index in [2.05, 4.69) is 26.9 Å². The van der Waals surface area contributed by atoms with Gasteiger partial charge in [0.05, 0.1) is 11.8 Å². The van der Waals surface area contributed by atoms with Crippen molar-refractivity contribution in [2.45, 2.75) is 26.3 Å². The molecule has 23 heavy (non-hydrogen) atoms. The number of nitriles is 1. The lowest BCUT2D eigenvalue weighted by Crippen LogP contribution is -2.50. The third kappa shape index (κ3) is 4.03. The highest BCUT2D eigenvalue weighted by Crippen LogP contribution is 2.16. The van der Waals surface area contributed by atoms with Gasteiger partial charge in [-0.25, -0.2) is 4.68 Å². The third-order valence-electron chi connectivity index (χ3n) is 3.61. The van der Waals surface area contributed by atoms with Gasteiger partial charge >= 0.3 is 0 Å². The minimum absolute atomic E-state index is 0.00739. The molecule has 1 amide bonds. The molecule has 0 aliphatic carbocycles. The lowest BCUT2D eigenvalue weighted by atomic mass is 9.90. The summed E-state index contributed by atoms with van der Waals surface area (Å²) in [5.41, 5.74) is -0.131. The van der Waals surface area contributed by atoms with Crippen LogP contribution in [0, 0.1) is 17.2 Å². The van der Waals surface area contributed by atoms with Crippen LogP contribution < -0.4 is 10.1 Å².